The molecule has 0 aliphatic heterocycles. The smallest absolute Gasteiger partial charge is 0.307 e. The van der Waals surface area contributed by atoms with Gasteiger partial charge in [-0.25, -0.2) is 3.63 Å². The summed E-state index contributed by atoms with van der Waals surface area (Å²) in [5, 5.41) is 8.75. The fourth-order valence-electron chi connectivity index (χ4n) is 2.08. The summed E-state index contributed by atoms with van der Waals surface area (Å²) in [7, 11) is -5.81. The van der Waals surface area contributed by atoms with E-state index in [0.717, 1.165) is 5.56 Å². The lowest BCUT2D eigenvalue weighted by molar-refractivity contribution is -0.138. The van der Waals surface area contributed by atoms with E-state index in [4.69, 9.17) is 8.74 Å². The minimum absolute atomic E-state index is 0.108. The number of aryl methyl sites for hydroxylation is 1. The Morgan fingerprint density at radius 2 is 1.80 bits per heavy atom. The van der Waals surface area contributed by atoms with E-state index in [1.807, 2.05) is 6.92 Å². The van der Waals surface area contributed by atoms with E-state index >= 15 is 0 Å². The first-order valence-electron chi connectivity index (χ1n) is 6.11. The van der Waals surface area contributed by atoms with E-state index in [1.165, 1.54) is 12.1 Å². The summed E-state index contributed by atoms with van der Waals surface area (Å²) in [6, 6.07) is 6.41. The maximum absolute atomic E-state index is 12.2. The molecule has 2 rings (SSSR count). The van der Waals surface area contributed by atoms with Crippen molar-refractivity contribution in [3.05, 3.63) is 29.8 Å². The van der Waals surface area contributed by atoms with Crippen LogP contribution in [0.4, 0.5) is 0 Å². The van der Waals surface area contributed by atoms with Crippen molar-refractivity contribution in [2.75, 3.05) is 12.5 Å². The third-order valence-corrected chi connectivity index (χ3v) is 8.30. The van der Waals surface area contributed by atoms with Gasteiger partial charge in [0.1, 0.15) is 0 Å². The highest BCUT2D eigenvalue weighted by atomic mass is 32.3. The molecule has 2 unspecified atom stereocenters. The molecule has 20 heavy (non-hydrogen) atoms. The van der Waals surface area contributed by atoms with Crippen LogP contribution < -0.4 is 0 Å². The van der Waals surface area contributed by atoms with E-state index < -0.39 is 32.3 Å². The van der Waals surface area contributed by atoms with E-state index in [1.54, 1.807) is 24.6 Å². The van der Waals surface area contributed by atoms with Gasteiger partial charge in [0, 0.05) is 5.25 Å². The van der Waals surface area contributed by atoms with Gasteiger partial charge in [0.05, 0.1) is 10.8 Å². The summed E-state index contributed by atoms with van der Waals surface area (Å²) in [4.78, 5) is 11.0. The summed E-state index contributed by atoms with van der Waals surface area (Å²) in [6.45, 7) is 1.87. The molecule has 1 aromatic carbocycles. The number of carbonyl (C=O) groups is 1. The van der Waals surface area contributed by atoms with Crippen LogP contribution in [0.1, 0.15) is 12.0 Å². The third-order valence-electron chi connectivity index (χ3n) is 3.35. The second-order valence-corrected chi connectivity index (χ2v) is 10.5. The van der Waals surface area contributed by atoms with Gasteiger partial charge in [-0.05, 0) is 38.0 Å². The number of hydrogen-bond acceptors (Lipinski definition) is 4. The van der Waals surface area contributed by atoms with Crippen LogP contribution in [0.15, 0.2) is 29.2 Å². The minimum atomic E-state index is -3.84. The highest BCUT2D eigenvalue weighted by molar-refractivity contribution is 8.32. The van der Waals surface area contributed by atoms with Crippen molar-refractivity contribution in [1.29, 1.82) is 0 Å². The predicted molar refractivity (Wildman–Crippen MR) is 78.4 cm³/mol. The quantitative estimate of drug-likeness (QED) is 0.899. The molecule has 5 nitrogen and oxygen atoms in total. The lowest BCUT2D eigenvalue weighted by atomic mass is 10.2. The second kappa shape index (κ2) is 5.05. The molecule has 0 bridgehead atoms. The van der Waals surface area contributed by atoms with E-state index in [-0.39, 0.29) is 10.1 Å². The number of aliphatic carboxylic acids is 1. The normalized spacial score (nSPS) is 23.4. The van der Waals surface area contributed by atoms with Gasteiger partial charge in [0.25, 0.3) is 0 Å². The van der Waals surface area contributed by atoms with Crippen molar-refractivity contribution in [1.82, 2.24) is 0 Å². The highest BCUT2D eigenvalue weighted by Crippen LogP contribution is 2.61. The van der Waals surface area contributed by atoms with Gasteiger partial charge in [-0.3, -0.25) is 4.79 Å². The first kappa shape index (κ1) is 15.3. The fourth-order valence-corrected chi connectivity index (χ4v) is 6.70. The Kier molecular flexibility index (Phi) is 3.88. The molecule has 7 heteroatoms. The van der Waals surface area contributed by atoms with Gasteiger partial charge in [0.2, 0.25) is 0 Å². The molecule has 0 aromatic heterocycles. The summed E-state index contributed by atoms with van der Waals surface area (Å²) < 4.78 is 29.8. The van der Waals surface area contributed by atoms with Gasteiger partial charge < -0.3 is 5.11 Å². The largest absolute Gasteiger partial charge is 0.481 e. The van der Waals surface area contributed by atoms with Crippen LogP contribution in [-0.4, -0.2) is 37.3 Å². The van der Waals surface area contributed by atoms with Gasteiger partial charge >= 0.3 is 16.1 Å². The Morgan fingerprint density at radius 1 is 1.25 bits per heavy atom. The maximum atomic E-state index is 12.2. The van der Waals surface area contributed by atoms with E-state index in [2.05, 4.69) is 0 Å². The van der Waals surface area contributed by atoms with Gasteiger partial charge in [0.15, 0.2) is 0 Å². The number of hydrogen-bond donors (Lipinski definition) is 1. The molecule has 1 aromatic rings. The number of benzene rings is 1. The van der Waals surface area contributed by atoms with Crippen molar-refractivity contribution in [2.24, 2.45) is 5.92 Å². The first-order valence-corrected chi connectivity index (χ1v) is 9.96. The molecule has 1 saturated carbocycles. The third kappa shape index (κ3) is 3.16. The summed E-state index contributed by atoms with van der Waals surface area (Å²) in [6.07, 6.45) is 3.89. The molecule has 0 radical (unpaired) electrons. The molecule has 1 N–H and O–H groups in total. The van der Waals surface area contributed by atoms with Gasteiger partial charge in [-0.1, -0.05) is 17.7 Å². The zero-order valence-electron chi connectivity index (χ0n) is 11.6. The fraction of sp³-hybridized carbons (Fsp3) is 0.462. The zero-order chi connectivity index (χ0) is 15.1. The lowest BCUT2D eigenvalue weighted by Crippen LogP contribution is -2.16. The molecular weight excluding hydrogens is 300 g/mol. The molecule has 1 aliphatic rings. The molecule has 0 heterocycles. The monoisotopic (exact) mass is 318 g/mol. The Bertz CT molecular complexity index is 619. The summed E-state index contributed by atoms with van der Waals surface area (Å²) in [5.74, 6) is -1.36. The van der Waals surface area contributed by atoms with Crippen molar-refractivity contribution in [3.8, 4) is 0 Å². The molecule has 2 atom stereocenters. The summed E-state index contributed by atoms with van der Waals surface area (Å²) >= 11 is 0. The Morgan fingerprint density at radius 3 is 2.25 bits per heavy atom. The first-order chi connectivity index (χ1) is 9.13. The number of carboxylic acid groups (broad SMARTS) is 1. The Hall–Kier alpha value is -1.05. The molecule has 0 amide bonds. The lowest BCUT2D eigenvalue weighted by Gasteiger charge is -2.30. The SMILES string of the molecule is Cc1ccc(S(=O)(=O)OS(C)(C)C2CC2C(=O)O)cc1. The maximum Gasteiger partial charge on any atom is 0.307 e. The van der Waals surface area contributed by atoms with Crippen LogP contribution in [0, 0.1) is 12.8 Å². The van der Waals surface area contributed by atoms with Crippen molar-refractivity contribution in [2.45, 2.75) is 23.5 Å². The zero-order valence-corrected chi connectivity index (χ0v) is 13.2. The minimum Gasteiger partial charge on any atom is -0.481 e. The van der Waals surface area contributed by atoms with Crippen LogP contribution in [0.25, 0.3) is 0 Å². The summed E-state index contributed by atoms with van der Waals surface area (Å²) in [5.41, 5.74) is 0.962. The van der Waals surface area contributed by atoms with Crippen LogP contribution in [0.5, 0.6) is 0 Å². The topological polar surface area (TPSA) is 80.7 Å². The second-order valence-electron chi connectivity index (χ2n) is 5.36. The number of carboxylic acids is 1. The predicted octanol–water partition coefficient (Wildman–Crippen LogP) is 2.15. The van der Waals surface area contributed by atoms with Crippen molar-refractivity contribution in [3.63, 3.8) is 0 Å². The van der Waals surface area contributed by atoms with Crippen LogP contribution >= 0.6 is 10.3 Å². The molecular formula is C13H18O5S2. The molecule has 1 fully saturated rings. The molecule has 0 spiro atoms. The van der Waals surface area contributed by atoms with Gasteiger partial charge in [-0.15, -0.1) is 10.3 Å². The Labute approximate surface area is 120 Å². The highest BCUT2D eigenvalue weighted by Gasteiger charge is 2.52. The van der Waals surface area contributed by atoms with Crippen LogP contribution in [0.3, 0.4) is 0 Å². The van der Waals surface area contributed by atoms with Crippen LogP contribution in [0.2, 0.25) is 0 Å². The molecule has 112 valence electrons. The van der Waals surface area contributed by atoms with Crippen LogP contribution in [-0.2, 0) is 18.5 Å². The van der Waals surface area contributed by atoms with E-state index in [9.17, 15) is 13.2 Å². The van der Waals surface area contributed by atoms with Crippen molar-refractivity contribution >= 4 is 26.4 Å². The average molecular weight is 318 g/mol. The molecule has 1 aliphatic carbocycles. The Balaban J connectivity index is 2.16. The van der Waals surface area contributed by atoms with E-state index in [0.29, 0.717) is 6.42 Å². The molecule has 0 saturated heterocycles. The standard InChI is InChI=1S/C13H18O5S2/c1-9-4-6-10(7-5-9)20(16,17)18-19(2,3)12-8-11(12)13(14)15/h4-7,11-12H,8H2,1-3H3,(H,14,15). The average Bonchev–Trinajstić information content (AvgIpc) is 3.08. The van der Waals surface area contributed by atoms with Gasteiger partial charge in [-0.2, -0.15) is 8.42 Å². The van der Waals surface area contributed by atoms with Crippen molar-refractivity contribution < 1.29 is 21.9 Å². The number of rotatable bonds is 5.